The number of nitriles is 1. The second kappa shape index (κ2) is 9.17. The summed E-state index contributed by atoms with van der Waals surface area (Å²) in [6.45, 7) is 0. The van der Waals surface area contributed by atoms with Crippen LogP contribution in [0.3, 0.4) is 0 Å². The lowest BCUT2D eigenvalue weighted by Crippen LogP contribution is -2.41. The van der Waals surface area contributed by atoms with Gasteiger partial charge in [0.25, 0.3) is 0 Å². The fourth-order valence-electron chi connectivity index (χ4n) is 5.35. The van der Waals surface area contributed by atoms with E-state index in [9.17, 15) is 18.0 Å². The largest absolute Gasteiger partial charge is 0.417 e. The molecule has 1 aliphatic heterocycles. The number of rotatable bonds is 6. The molecule has 1 saturated carbocycles. The number of nitrogens with one attached hydrogen (secondary N) is 1. The number of alkyl halides is 3. The van der Waals surface area contributed by atoms with E-state index >= 15 is 0 Å². The van der Waals surface area contributed by atoms with Gasteiger partial charge < -0.3 is 4.98 Å². The smallest absolute Gasteiger partial charge is 0.349 e. The highest BCUT2D eigenvalue weighted by molar-refractivity contribution is 7.80. The number of benzene rings is 2. The van der Waals surface area contributed by atoms with E-state index in [0.29, 0.717) is 17.8 Å². The molecule has 1 saturated heterocycles. The van der Waals surface area contributed by atoms with Crippen molar-refractivity contribution < 1.29 is 18.0 Å². The van der Waals surface area contributed by atoms with Crippen LogP contribution in [-0.4, -0.2) is 20.9 Å². The SMILES string of the molecule is N#Cc1ccc(N2C(=O)C3(CCC3)C(c3ccc(CCCc4ncc[nH]4)cc3)C2=S)cc1C(F)(F)F. The van der Waals surface area contributed by atoms with E-state index in [4.69, 9.17) is 17.5 Å². The van der Waals surface area contributed by atoms with Gasteiger partial charge in [0.05, 0.1) is 33.3 Å². The zero-order valence-corrected chi connectivity index (χ0v) is 20.1. The van der Waals surface area contributed by atoms with Gasteiger partial charge in [-0.2, -0.15) is 18.4 Å². The van der Waals surface area contributed by atoms with Gasteiger partial charge in [-0.05, 0) is 55.0 Å². The molecule has 1 aromatic heterocycles. The first-order valence-corrected chi connectivity index (χ1v) is 12.2. The van der Waals surface area contributed by atoms with Gasteiger partial charge in [0.1, 0.15) is 5.82 Å². The molecule has 1 aliphatic carbocycles. The maximum absolute atomic E-state index is 13.6. The molecule has 1 N–H and O–H groups in total. The molecule has 2 aliphatic rings. The minimum Gasteiger partial charge on any atom is -0.349 e. The molecule has 184 valence electrons. The van der Waals surface area contributed by atoms with Crippen molar-refractivity contribution in [1.82, 2.24) is 9.97 Å². The van der Waals surface area contributed by atoms with Crippen molar-refractivity contribution in [2.75, 3.05) is 4.90 Å². The van der Waals surface area contributed by atoms with Crippen LogP contribution in [0.15, 0.2) is 54.9 Å². The van der Waals surface area contributed by atoms with E-state index < -0.39 is 22.7 Å². The minimum absolute atomic E-state index is 0.0552. The first kappa shape index (κ1) is 24.2. The normalized spacial score (nSPS) is 18.9. The molecule has 9 heteroatoms. The standard InChI is InChI=1S/C27H23F3N4OS/c28-27(29,30)21-15-20(10-9-19(21)16-31)34-24(36)23(26(25(34)35)11-2-12-26)18-7-5-17(6-8-18)3-1-4-22-32-13-14-33-22/h5-10,13-15,23H,1-4,11-12H2,(H,32,33). The highest BCUT2D eigenvalue weighted by Crippen LogP contribution is 2.58. The molecule has 1 spiro atoms. The number of aryl methyl sites for hydroxylation is 2. The molecule has 1 atom stereocenters. The predicted octanol–water partition coefficient (Wildman–Crippen LogP) is 6.10. The van der Waals surface area contributed by atoms with Crippen LogP contribution in [0, 0.1) is 16.7 Å². The van der Waals surface area contributed by atoms with Crippen LogP contribution in [0.5, 0.6) is 0 Å². The monoisotopic (exact) mass is 508 g/mol. The quantitative estimate of drug-likeness (QED) is 0.408. The average molecular weight is 509 g/mol. The first-order valence-electron chi connectivity index (χ1n) is 11.8. The summed E-state index contributed by atoms with van der Waals surface area (Å²) in [5, 5.41) is 9.13. The van der Waals surface area contributed by atoms with Crippen molar-refractivity contribution in [3.05, 3.63) is 82.9 Å². The fourth-order valence-corrected chi connectivity index (χ4v) is 5.90. The van der Waals surface area contributed by atoms with Gasteiger partial charge in [-0.15, -0.1) is 0 Å². The Hall–Kier alpha value is -3.51. The van der Waals surface area contributed by atoms with Gasteiger partial charge >= 0.3 is 6.18 Å². The van der Waals surface area contributed by atoms with E-state index in [1.807, 2.05) is 24.3 Å². The van der Waals surface area contributed by atoms with Crippen LogP contribution in [0.4, 0.5) is 18.9 Å². The predicted molar refractivity (Wildman–Crippen MR) is 132 cm³/mol. The van der Waals surface area contributed by atoms with Gasteiger partial charge in [-0.1, -0.05) is 42.9 Å². The van der Waals surface area contributed by atoms with Crippen molar-refractivity contribution >= 4 is 28.8 Å². The van der Waals surface area contributed by atoms with Crippen LogP contribution < -0.4 is 4.90 Å². The Bertz CT molecular complexity index is 1340. The summed E-state index contributed by atoms with van der Waals surface area (Å²) in [4.78, 5) is 22.5. The van der Waals surface area contributed by atoms with E-state index in [1.165, 1.54) is 11.0 Å². The lowest BCUT2D eigenvalue weighted by atomic mass is 9.60. The molecule has 1 amide bonds. The van der Waals surface area contributed by atoms with Crippen molar-refractivity contribution in [3.8, 4) is 6.07 Å². The third-order valence-electron chi connectivity index (χ3n) is 7.33. The summed E-state index contributed by atoms with van der Waals surface area (Å²) >= 11 is 5.75. The molecule has 2 fully saturated rings. The number of imidazole rings is 1. The average Bonchev–Trinajstić information content (AvgIpc) is 3.42. The highest BCUT2D eigenvalue weighted by atomic mass is 32.1. The van der Waals surface area contributed by atoms with Gasteiger partial charge in [-0.3, -0.25) is 9.69 Å². The fraction of sp³-hybridized carbons (Fsp3) is 0.333. The third kappa shape index (κ3) is 4.09. The zero-order chi connectivity index (χ0) is 25.5. The van der Waals surface area contributed by atoms with Crippen LogP contribution in [0.2, 0.25) is 0 Å². The Morgan fingerprint density at radius 1 is 1.17 bits per heavy atom. The number of thiocarbonyl (C=S) groups is 1. The zero-order valence-electron chi connectivity index (χ0n) is 19.3. The summed E-state index contributed by atoms with van der Waals surface area (Å²) in [6.07, 6.45) is 3.62. The molecule has 1 unspecified atom stereocenters. The number of nitrogens with zero attached hydrogens (tertiary/aromatic N) is 3. The molecule has 5 nitrogen and oxygen atoms in total. The molecule has 2 aromatic carbocycles. The van der Waals surface area contributed by atoms with Crippen molar-refractivity contribution in [2.45, 2.75) is 50.6 Å². The number of hydrogen-bond acceptors (Lipinski definition) is 4. The Labute approximate surface area is 212 Å². The number of carbonyl (C=O) groups is 1. The summed E-state index contributed by atoms with van der Waals surface area (Å²) < 4.78 is 40.7. The molecule has 5 rings (SSSR count). The highest BCUT2D eigenvalue weighted by Gasteiger charge is 2.60. The van der Waals surface area contributed by atoms with E-state index in [-0.39, 0.29) is 17.5 Å². The topological polar surface area (TPSA) is 72.8 Å². The van der Waals surface area contributed by atoms with Crippen LogP contribution in [0.25, 0.3) is 0 Å². The van der Waals surface area contributed by atoms with Crippen LogP contribution in [0.1, 0.15) is 59.7 Å². The summed E-state index contributed by atoms with van der Waals surface area (Å²) in [6, 6.07) is 12.9. The van der Waals surface area contributed by atoms with E-state index in [1.54, 1.807) is 18.5 Å². The molecule has 0 radical (unpaired) electrons. The molecule has 2 heterocycles. The van der Waals surface area contributed by atoms with Crippen molar-refractivity contribution in [3.63, 3.8) is 0 Å². The van der Waals surface area contributed by atoms with Gasteiger partial charge in [0, 0.05) is 24.7 Å². The number of H-pyrrole nitrogens is 1. The molecule has 3 aromatic rings. The third-order valence-corrected chi connectivity index (χ3v) is 7.75. The van der Waals surface area contributed by atoms with Crippen molar-refractivity contribution in [2.24, 2.45) is 5.41 Å². The van der Waals surface area contributed by atoms with Gasteiger partial charge in [0.15, 0.2) is 0 Å². The van der Waals surface area contributed by atoms with E-state index in [2.05, 4.69) is 9.97 Å². The summed E-state index contributed by atoms with van der Waals surface area (Å²) in [5.41, 5.74) is -0.175. The summed E-state index contributed by atoms with van der Waals surface area (Å²) in [5.74, 6) is 0.310. The number of anilines is 1. The Morgan fingerprint density at radius 3 is 2.50 bits per heavy atom. The van der Waals surface area contributed by atoms with E-state index in [0.717, 1.165) is 54.8 Å². The number of aromatic amines is 1. The lowest BCUT2D eigenvalue weighted by molar-refractivity contribution is -0.138. The summed E-state index contributed by atoms with van der Waals surface area (Å²) in [7, 11) is 0. The molecular formula is C27H23F3N4OS. The van der Waals surface area contributed by atoms with Crippen LogP contribution in [-0.2, 0) is 23.8 Å². The number of amides is 1. The number of halogens is 3. The lowest BCUT2D eigenvalue weighted by Gasteiger charge is -2.40. The molecule has 36 heavy (non-hydrogen) atoms. The molecular weight excluding hydrogens is 485 g/mol. The second-order valence-corrected chi connectivity index (χ2v) is 9.81. The molecule has 0 bridgehead atoms. The maximum atomic E-state index is 13.6. The Kier molecular flexibility index (Phi) is 6.17. The first-order chi connectivity index (χ1) is 17.2. The number of aromatic nitrogens is 2. The van der Waals surface area contributed by atoms with Gasteiger partial charge in [-0.25, -0.2) is 4.98 Å². The second-order valence-electron chi connectivity index (χ2n) is 9.39. The Balaban J connectivity index is 1.41. The number of hydrogen-bond donors (Lipinski definition) is 1. The minimum atomic E-state index is -4.72. The number of carbonyl (C=O) groups excluding carboxylic acids is 1. The Morgan fingerprint density at radius 2 is 1.92 bits per heavy atom. The van der Waals surface area contributed by atoms with Gasteiger partial charge in [0.2, 0.25) is 5.91 Å². The van der Waals surface area contributed by atoms with Crippen molar-refractivity contribution in [1.29, 1.82) is 5.26 Å². The van der Waals surface area contributed by atoms with Crippen LogP contribution >= 0.6 is 12.2 Å². The maximum Gasteiger partial charge on any atom is 0.417 e.